The fourth-order valence-electron chi connectivity index (χ4n) is 1.90. The molecular formula is C16H19NO2. The van der Waals surface area contributed by atoms with Crippen LogP contribution in [0.2, 0.25) is 0 Å². The molecule has 0 saturated carbocycles. The first-order chi connectivity index (χ1) is 9.10. The molecule has 19 heavy (non-hydrogen) atoms. The van der Waals surface area contributed by atoms with Gasteiger partial charge in [-0.25, -0.2) is 0 Å². The van der Waals surface area contributed by atoms with Crippen LogP contribution in [0.15, 0.2) is 36.5 Å². The van der Waals surface area contributed by atoms with Gasteiger partial charge in [0.05, 0.1) is 18.0 Å². The van der Waals surface area contributed by atoms with Gasteiger partial charge in [-0.3, -0.25) is 4.98 Å². The second-order valence-electron chi connectivity index (χ2n) is 4.71. The number of aromatic nitrogens is 1. The molecule has 3 nitrogen and oxygen atoms in total. The van der Waals surface area contributed by atoms with E-state index in [0.717, 1.165) is 11.3 Å². The van der Waals surface area contributed by atoms with Crippen molar-refractivity contribution in [3.05, 3.63) is 53.3 Å². The topological polar surface area (TPSA) is 42.4 Å². The third-order valence-corrected chi connectivity index (χ3v) is 3.05. The Morgan fingerprint density at radius 1 is 1.21 bits per heavy atom. The van der Waals surface area contributed by atoms with Gasteiger partial charge in [0.15, 0.2) is 0 Å². The van der Waals surface area contributed by atoms with Crippen LogP contribution in [0.5, 0.6) is 11.5 Å². The fourth-order valence-corrected chi connectivity index (χ4v) is 1.90. The van der Waals surface area contributed by atoms with Crippen LogP contribution in [0, 0.1) is 13.8 Å². The van der Waals surface area contributed by atoms with Gasteiger partial charge in [0.1, 0.15) is 11.5 Å². The lowest BCUT2D eigenvalue weighted by Crippen LogP contribution is -1.98. The van der Waals surface area contributed by atoms with E-state index in [0.29, 0.717) is 17.9 Å². The Balaban J connectivity index is 2.15. The summed E-state index contributed by atoms with van der Waals surface area (Å²) < 4.78 is 5.79. The summed E-state index contributed by atoms with van der Waals surface area (Å²) in [6.07, 6.45) is 1.80. The Morgan fingerprint density at radius 3 is 2.58 bits per heavy atom. The summed E-state index contributed by atoms with van der Waals surface area (Å²) in [5.41, 5.74) is 2.98. The van der Waals surface area contributed by atoms with Crippen LogP contribution in [0.4, 0.5) is 0 Å². The second kappa shape index (κ2) is 5.85. The molecule has 1 aromatic heterocycles. The minimum Gasteiger partial charge on any atom is -0.455 e. The van der Waals surface area contributed by atoms with E-state index < -0.39 is 6.10 Å². The number of rotatable bonds is 4. The maximum atomic E-state index is 9.68. The molecule has 100 valence electrons. The van der Waals surface area contributed by atoms with Crippen LogP contribution in [0.3, 0.4) is 0 Å². The first-order valence-electron chi connectivity index (χ1n) is 6.49. The number of aliphatic hydroxyl groups is 1. The molecule has 0 fully saturated rings. The van der Waals surface area contributed by atoms with Crippen molar-refractivity contribution in [2.45, 2.75) is 33.3 Å². The highest BCUT2D eigenvalue weighted by Gasteiger charge is 2.07. The molecule has 0 aliphatic carbocycles. The maximum absolute atomic E-state index is 9.68. The second-order valence-corrected chi connectivity index (χ2v) is 4.71. The number of hydrogen-bond acceptors (Lipinski definition) is 3. The molecular weight excluding hydrogens is 238 g/mol. The number of hydrogen-bond donors (Lipinski definition) is 1. The van der Waals surface area contributed by atoms with Gasteiger partial charge < -0.3 is 9.84 Å². The van der Waals surface area contributed by atoms with Gasteiger partial charge in [-0.2, -0.15) is 0 Å². The lowest BCUT2D eigenvalue weighted by molar-refractivity contribution is 0.169. The molecule has 1 heterocycles. The normalized spacial score (nSPS) is 12.2. The van der Waals surface area contributed by atoms with E-state index in [-0.39, 0.29) is 0 Å². The van der Waals surface area contributed by atoms with Crippen LogP contribution in [-0.2, 0) is 0 Å². The van der Waals surface area contributed by atoms with E-state index in [1.54, 1.807) is 12.3 Å². The van der Waals surface area contributed by atoms with Crippen LogP contribution in [0.25, 0.3) is 0 Å². The molecule has 2 aromatic rings. The van der Waals surface area contributed by atoms with Gasteiger partial charge >= 0.3 is 0 Å². The molecule has 2 rings (SSSR count). The number of pyridine rings is 1. The molecule has 1 atom stereocenters. The van der Waals surface area contributed by atoms with Crippen molar-refractivity contribution >= 4 is 0 Å². The molecule has 3 heteroatoms. The van der Waals surface area contributed by atoms with Gasteiger partial charge in [-0.15, -0.1) is 0 Å². The quantitative estimate of drug-likeness (QED) is 0.902. The summed E-state index contributed by atoms with van der Waals surface area (Å²) >= 11 is 0. The van der Waals surface area contributed by atoms with E-state index in [1.807, 2.05) is 32.0 Å². The Morgan fingerprint density at radius 2 is 2.00 bits per heavy atom. The van der Waals surface area contributed by atoms with Crippen molar-refractivity contribution < 1.29 is 9.84 Å². The van der Waals surface area contributed by atoms with Crippen molar-refractivity contribution in [2.75, 3.05) is 0 Å². The fraction of sp³-hybridized carbons (Fsp3) is 0.312. The van der Waals surface area contributed by atoms with Crippen LogP contribution in [-0.4, -0.2) is 10.1 Å². The molecule has 0 aliphatic rings. The van der Waals surface area contributed by atoms with Crippen molar-refractivity contribution in [1.82, 2.24) is 4.98 Å². The summed E-state index contributed by atoms with van der Waals surface area (Å²) in [6.45, 7) is 6.00. The lowest BCUT2D eigenvalue weighted by atomic mass is 10.1. The van der Waals surface area contributed by atoms with Gasteiger partial charge in [-0.05, 0) is 44.0 Å². The average molecular weight is 257 g/mol. The minimum atomic E-state index is -0.504. The van der Waals surface area contributed by atoms with E-state index in [4.69, 9.17) is 4.74 Å². The standard InChI is InChI=1S/C16H19NO2/c1-4-15(18)14-7-6-13(10-17-14)19-16-8-5-11(2)9-12(16)3/h5-10,15,18H,4H2,1-3H3/t15-/m1/s1. The number of aliphatic hydroxyl groups excluding tert-OH is 1. The monoisotopic (exact) mass is 257 g/mol. The van der Waals surface area contributed by atoms with E-state index in [9.17, 15) is 5.11 Å². The van der Waals surface area contributed by atoms with E-state index in [2.05, 4.69) is 18.0 Å². The van der Waals surface area contributed by atoms with Crippen molar-refractivity contribution in [3.8, 4) is 11.5 Å². The zero-order valence-corrected chi connectivity index (χ0v) is 11.6. The molecule has 1 aromatic carbocycles. The number of benzene rings is 1. The zero-order chi connectivity index (χ0) is 13.8. The molecule has 0 amide bonds. The largest absolute Gasteiger partial charge is 0.455 e. The minimum absolute atomic E-state index is 0.504. The Hall–Kier alpha value is -1.87. The predicted molar refractivity (Wildman–Crippen MR) is 75.5 cm³/mol. The highest BCUT2D eigenvalue weighted by Crippen LogP contribution is 2.26. The van der Waals surface area contributed by atoms with Gasteiger partial charge in [-0.1, -0.05) is 24.6 Å². The summed E-state index contributed by atoms with van der Waals surface area (Å²) in [7, 11) is 0. The van der Waals surface area contributed by atoms with Crippen LogP contribution < -0.4 is 4.74 Å². The van der Waals surface area contributed by atoms with Crippen molar-refractivity contribution in [2.24, 2.45) is 0 Å². The molecule has 0 saturated heterocycles. The summed E-state index contributed by atoms with van der Waals surface area (Å²) in [6, 6.07) is 9.69. The third-order valence-electron chi connectivity index (χ3n) is 3.05. The predicted octanol–water partition coefficient (Wildman–Crippen LogP) is 3.93. The van der Waals surface area contributed by atoms with E-state index in [1.165, 1.54) is 5.56 Å². The zero-order valence-electron chi connectivity index (χ0n) is 11.6. The lowest BCUT2D eigenvalue weighted by Gasteiger charge is -2.11. The van der Waals surface area contributed by atoms with Gasteiger partial charge in [0.2, 0.25) is 0 Å². The van der Waals surface area contributed by atoms with E-state index >= 15 is 0 Å². The average Bonchev–Trinajstić information content (AvgIpc) is 2.42. The molecule has 0 radical (unpaired) electrons. The smallest absolute Gasteiger partial charge is 0.145 e. The Labute approximate surface area is 113 Å². The van der Waals surface area contributed by atoms with Crippen LogP contribution in [0.1, 0.15) is 36.3 Å². The van der Waals surface area contributed by atoms with Gasteiger partial charge in [0.25, 0.3) is 0 Å². The number of ether oxygens (including phenoxy) is 1. The Kier molecular flexibility index (Phi) is 4.17. The van der Waals surface area contributed by atoms with Crippen LogP contribution >= 0.6 is 0 Å². The molecule has 1 N–H and O–H groups in total. The highest BCUT2D eigenvalue weighted by atomic mass is 16.5. The van der Waals surface area contributed by atoms with Crippen molar-refractivity contribution in [1.29, 1.82) is 0 Å². The molecule has 0 bridgehead atoms. The maximum Gasteiger partial charge on any atom is 0.145 e. The summed E-state index contributed by atoms with van der Waals surface area (Å²) in [5, 5.41) is 9.68. The number of nitrogens with zero attached hydrogens (tertiary/aromatic N) is 1. The number of aryl methyl sites for hydroxylation is 2. The first kappa shape index (κ1) is 13.6. The molecule has 0 spiro atoms. The summed E-state index contributed by atoms with van der Waals surface area (Å²) in [4.78, 5) is 4.22. The highest BCUT2D eigenvalue weighted by molar-refractivity contribution is 5.39. The Bertz CT molecular complexity index is 549. The van der Waals surface area contributed by atoms with Crippen molar-refractivity contribution in [3.63, 3.8) is 0 Å². The SMILES string of the molecule is CC[C@@H](O)c1ccc(Oc2ccc(C)cc2C)cn1. The molecule has 0 unspecified atom stereocenters. The van der Waals surface area contributed by atoms with Gasteiger partial charge in [0, 0.05) is 0 Å². The first-order valence-corrected chi connectivity index (χ1v) is 6.49. The molecule has 0 aliphatic heterocycles. The third kappa shape index (κ3) is 3.32. The summed E-state index contributed by atoms with van der Waals surface area (Å²) in [5.74, 6) is 1.51.